The highest BCUT2D eigenvalue weighted by Gasteiger charge is 2.26. The fourth-order valence-electron chi connectivity index (χ4n) is 3.81. The number of rotatable bonds is 7. The van der Waals surface area contributed by atoms with E-state index < -0.39 is 15.9 Å². The predicted octanol–water partition coefficient (Wildman–Crippen LogP) is 1.87. The Morgan fingerprint density at radius 3 is 2.39 bits per heavy atom. The van der Waals surface area contributed by atoms with Gasteiger partial charge in [0.15, 0.2) is 0 Å². The van der Waals surface area contributed by atoms with E-state index in [4.69, 9.17) is 9.47 Å². The maximum atomic E-state index is 12.8. The van der Waals surface area contributed by atoms with Crippen LogP contribution in [0.1, 0.15) is 33.6 Å². The molecule has 2 amide bonds. The number of morpholine rings is 1. The van der Waals surface area contributed by atoms with Crippen LogP contribution in [0.2, 0.25) is 0 Å². The molecular weight excluding hydrogens is 446 g/mol. The molecule has 2 aromatic carbocycles. The molecule has 0 bridgehead atoms. The van der Waals surface area contributed by atoms with Gasteiger partial charge in [0.25, 0.3) is 11.8 Å². The number of para-hydroxylation sites is 1. The molecule has 2 N–H and O–H groups in total. The zero-order chi connectivity index (χ0) is 23.3. The monoisotopic (exact) mass is 473 g/mol. The van der Waals surface area contributed by atoms with Crippen molar-refractivity contribution in [2.45, 2.75) is 23.8 Å². The minimum atomic E-state index is -3.64. The Hall–Kier alpha value is -2.79. The van der Waals surface area contributed by atoms with Gasteiger partial charge in [0, 0.05) is 31.8 Å². The van der Waals surface area contributed by atoms with Crippen LogP contribution in [0.15, 0.2) is 53.4 Å². The van der Waals surface area contributed by atoms with Crippen LogP contribution in [0.3, 0.4) is 0 Å². The molecule has 2 aromatic rings. The van der Waals surface area contributed by atoms with E-state index in [1.807, 2.05) is 0 Å². The Morgan fingerprint density at radius 1 is 0.970 bits per heavy atom. The molecule has 9 nitrogen and oxygen atoms in total. The summed E-state index contributed by atoms with van der Waals surface area (Å²) in [5.41, 5.74) is 0.998. The fourth-order valence-corrected chi connectivity index (χ4v) is 5.21. The minimum absolute atomic E-state index is 0.0166. The number of sulfonamides is 1. The summed E-state index contributed by atoms with van der Waals surface area (Å²) in [6, 6.07) is 12.5. The third kappa shape index (κ3) is 5.59. The number of nitrogens with one attached hydrogen (secondary N) is 2. The number of anilines is 1. The maximum Gasteiger partial charge on any atom is 0.255 e. The van der Waals surface area contributed by atoms with E-state index in [0.717, 1.165) is 12.8 Å². The first-order chi connectivity index (χ1) is 15.9. The molecule has 4 rings (SSSR count). The molecular formula is C23H27N3O6S. The third-order valence-electron chi connectivity index (χ3n) is 5.66. The Balaban J connectivity index is 1.42. The predicted molar refractivity (Wildman–Crippen MR) is 122 cm³/mol. The molecule has 2 heterocycles. The standard InChI is InChI=1S/C23H27N3O6S/c27-22(17-7-9-19(10-8-17)33(29,30)26-11-14-31-15-12-26)25-21-6-2-1-5-20(21)23(28)24-16-18-4-3-13-32-18/h1-2,5-10,18H,3-4,11-16H2,(H,24,28)(H,25,27). The minimum Gasteiger partial charge on any atom is -0.379 e. The number of amides is 2. The number of ether oxygens (including phenoxy) is 2. The summed E-state index contributed by atoms with van der Waals surface area (Å²) >= 11 is 0. The Bertz CT molecular complexity index is 1090. The summed E-state index contributed by atoms with van der Waals surface area (Å²) in [5, 5.41) is 5.60. The lowest BCUT2D eigenvalue weighted by Crippen LogP contribution is -2.40. The molecule has 10 heteroatoms. The molecule has 1 unspecified atom stereocenters. The van der Waals surface area contributed by atoms with Crippen molar-refractivity contribution in [3.63, 3.8) is 0 Å². The number of benzene rings is 2. The number of carbonyl (C=O) groups excluding carboxylic acids is 2. The highest BCUT2D eigenvalue weighted by Crippen LogP contribution is 2.20. The van der Waals surface area contributed by atoms with E-state index >= 15 is 0 Å². The second-order valence-corrected chi connectivity index (χ2v) is 9.82. The third-order valence-corrected chi connectivity index (χ3v) is 7.57. The molecule has 2 fully saturated rings. The summed E-state index contributed by atoms with van der Waals surface area (Å²) in [6.07, 6.45) is 1.92. The highest BCUT2D eigenvalue weighted by atomic mass is 32.2. The highest BCUT2D eigenvalue weighted by molar-refractivity contribution is 7.89. The van der Waals surface area contributed by atoms with Crippen molar-refractivity contribution in [1.29, 1.82) is 0 Å². The van der Waals surface area contributed by atoms with Crippen LogP contribution in [0.5, 0.6) is 0 Å². The van der Waals surface area contributed by atoms with Gasteiger partial charge in [0.2, 0.25) is 10.0 Å². The van der Waals surface area contributed by atoms with Gasteiger partial charge in [-0.05, 0) is 49.2 Å². The van der Waals surface area contributed by atoms with Crippen molar-refractivity contribution in [2.24, 2.45) is 0 Å². The van der Waals surface area contributed by atoms with E-state index in [1.165, 1.54) is 28.6 Å². The molecule has 0 aliphatic carbocycles. The second-order valence-electron chi connectivity index (χ2n) is 7.89. The van der Waals surface area contributed by atoms with Gasteiger partial charge in [-0.3, -0.25) is 9.59 Å². The van der Waals surface area contributed by atoms with Crippen LogP contribution in [0, 0.1) is 0 Å². The van der Waals surface area contributed by atoms with Crippen LogP contribution in [-0.4, -0.2) is 70.1 Å². The van der Waals surface area contributed by atoms with Crippen molar-refractivity contribution >= 4 is 27.5 Å². The van der Waals surface area contributed by atoms with E-state index in [1.54, 1.807) is 24.3 Å². The zero-order valence-corrected chi connectivity index (χ0v) is 19.0. The molecule has 0 spiro atoms. The number of carbonyl (C=O) groups is 2. The van der Waals surface area contributed by atoms with E-state index in [2.05, 4.69) is 10.6 Å². The quantitative estimate of drug-likeness (QED) is 0.635. The van der Waals surface area contributed by atoms with Gasteiger partial charge in [-0.1, -0.05) is 12.1 Å². The summed E-state index contributed by atoms with van der Waals surface area (Å²) in [4.78, 5) is 25.5. The smallest absolute Gasteiger partial charge is 0.255 e. The molecule has 0 saturated carbocycles. The molecule has 1 atom stereocenters. The first kappa shape index (κ1) is 23.4. The van der Waals surface area contributed by atoms with Crippen LogP contribution in [0.4, 0.5) is 5.69 Å². The van der Waals surface area contributed by atoms with Gasteiger partial charge in [-0.25, -0.2) is 8.42 Å². The van der Waals surface area contributed by atoms with Gasteiger partial charge >= 0.3 is 0 Å². The Kier molecular flexibility index (Phi) is 7.39. The number of nitrogens with zero attached hydrogens (tertiary/aromatic N) is 1. The average molecular weight is 474 g/mol. The molecule has 2 aliphatic heterocycles. The lowest BCUT2D eigenvalue weighted by atomic mass is 10.1. The van der Waals surface area contributed by atoms with Crippen LogP contribution in [-0.2, 0) is 19.5 Å². The van der Waals surface area contributed by atoms with Gasteiger partial charge in [0.05, 0.1) is 35.5 Å². The van der Waals surface area contributed by atoms with Crippen LogP contribution < -0.4 is 10.6 Å². The van der Waals surface area contributed by atoms with E-state index in [-0.39, 0.29) is 22.5 Å². The largest absolute Gasteiger partial charge is 0.379 e. The summed E-state index contributed by atoms with van der Waals surface area (Å²) < 4.78 is 37.6. The molecule has 33 heavy (non-hydrogen) atoms. The summed E-state index contributed by atoms with van der Waals surface area (Å²) in [6.45, 7) is 2.45. The average Bonchev–Trinajstić information content (AvgIpc) is 3.37. The summed E-state index contributed by atoms with van der Waals surface area (Å²) in [7, 11) is -3.64. The van der Waals surface area contributed by atoms with Crippen molar-refractivity contribution in [2.75, 3.05) is 44.8 Å². The Labute approximate surface area is 193 Å². The van der Waals surface area contributed by atoms with E-state index in [9.17, 15) is 18.0 Å². The lowest BCUT2D eigenvalue weighted by molar-refractivity contribution is 0.0730. The molecule has 0 radical (unpaired) electrons. The van der Waals surface area contributed by atoms with Crippen LogP contribution in [0.25, 0.3) is 0 Å². The molecule has 2 aliphatic rings. The van der Waals surface area contributed by atoms with Crippen LogP contribution >= 0.6 is 0 Å². The normalized spacial score (nSPS) is 19.2. The first-order valence-corrected chi connectivity index (χ1v) is 12.4. The molecule has 0 aromatic heterocycles. The van der Waals surface area contributed by atoms with Gasteiger partial charge in [0.1, 0.15) is 0 Å². The maximum absolute atomic E-state index is 12.8. The first-order valence-electron chi connectivity index (χ1n) is 10.9. The van der Waals surface area contributed by atoms with Crippen molar-refractivity contribution < 1.29 is 27.5 Å². The number of hydrogen-bond donors (Lipinski definition) is 2. The topological polar surface area (TPSA) is 114 Å². The SMILES string of the molecule is O=C(Nc1ccccc1C(=O)NCC1CCCO1)c1ccc(S(=O)(=O)N2CCOCC2)cc1. The van der Waals surface area contributed by atoms with Crippen molar-refractivity contribution in [1.82, 2.24) is 9.62 Å². The fraction of sp³-hybridized carbons (Fsp3) is 0.391. The van der Waals surface area contributed by atoms with Gasteiger partial charge in [-0.2, -0.15) is 4.31 Å². The number of hydrogen-bond acceptors (Lipinski definition) is 6. The van der Waals surface area contributed by atoms with Crippen molar-refractivity contribution in [3.05, 3.63) is 59.7 Å². The molecule has 2 saturated heterocycles. The zero-order valence-electron chi connectivity index (χ0n) is 18.2. The van der Waals surface area contributed by atoms with Gasteiger partial charge < -0.3 is 20.1 Å². The Morgan fingerprint density at radius 2 is 1.70 bits per heavy atom. The molecule has 176 valence electrons. The van der Waals surface area contributed by atoms with Crippen molar-refractivity contribution in [3.8, 4) is 0 Å². The van der Waals surface area contributed by atoms with E-state index in [0.29, 0.717) is 50.7 Å². The lowest BCUT2D eigenvalue weighted by Gasteiger charge is -2.26. The van der Waals surface area contributed by atoms with Gasteiger partial charge in [-0.15, -0.1) is 0 Å². The summed E-state index contributed by atoms with van der Waals surface area (Å²) in [5.74, 6) is -0.738. The second kappa shape index (κ2) is 10.4.